The van der Waals surface area contributed by atoms with Gasteiger partial charge in [-0.05, 0) is 30.7 Å². The maximum atomic E-state index is 12.5. The summed E-state index contributed by atoms with van der Waals surface area (Å²) in [6.45, 7) is 1.88. The lowest BCUT2D eigenvalue weighted by Gasteiger charge is -2.05. The molecule has 0 aliphatic heterocycles. The first kappa shape index (κ1) is 23.4. The Bertz CT molecular complexity index is 1260. The van der Waals surface area contributed by atoms with Crippen LogP contribution in [0.25, 0.3) is 10.2 Å². The number of ether oxygens (including phenoxy) is 1. The molecule has 0 radical (unpaired) electrons. The zero-order valence-electron chi connectivity index (χ0n) is 16.8. The summed E-state index contributed by atoms with van der Waals surface area (Å²) in [4.78, 5) is 28.9. The molecule has 10 heteroatoms. The second kappa shape index (κ2) is 10.3. The van der Waals surface area contributed by atoms with Crippen molar-refractivity contribution in [2.45, 2.75) is 25.6 Å². The summed E-state index contributed by atoms with van der Waals surface area (Å²) >= 11 is 4.66. The van der Waals surface area contributed by atoms with E-state index in [1.54, 1.807) is 35.8 Å². The Balaban J connectivity index is 1.82. The number of benzene rings is 2. The number of hydrogen-bond donors (Lipinski definition) is 0. The Kier molecular flexibility index (Phi) is 7.79. The summed E-state index contributed by atoms with van der Waals surface area (Å²) in [6.07, 6.45) is -0.230. The molecule has 3 aromatic rings. The number of sulfone groups is 1. The highest BCUT2D eigenvalue weighted by Crippen LogP contribution is 2.22. The minimum atomic E-state index is -3.45. The third-order valence-corrected chi connectivity index (χ3v) is 7.45. The van der Waals surface area contributed by atoms with Gasteiger partial charge in [0.15, 0.2) is 14.6 Å². The second-order valence-electron chi connectivity index (χ2n) is 6.72. The summed E-state index contributed by atoms with van der Waals surface area (Å²) < 4.78 is 33.0. The van der Waals surface area contributed by atoms with Gasteiger partial charge in [-0.15, -0.1) is 0 Å². The number of halogens is 1. The first-order valence-corrected chi connectivity index (χ1v) is 13.0. The Morgan fingerprint density at radius 3 is 2.61 bits per heavy atom. The molecule has 0 unspecified atom stereocenters. The molecule has 0 bridgehead atoms. The number of esters is 1. The first-order chi connectivity index (χ1) is 14.8. The molecule has 0 saturated carbocycles. The fourth-order valence-electron chi connectivity index (χ4n) is 2.93. The molecule has 1 amide bonds. The van der Waals surface area contributed by atoms with Crippen LogP contribution in [0.1, 0.15) is 18.9 Å². The van der Waals surface area contributed by atoms with Crippen LogP contribution in [0.4, 0.5) is 0 Å². The average Bonchev–Trinajstić information content (AvgIpc) is 3.03. The van der Waals surface area contributed by atoms with Crippen molar-refractivity contribution in [2.24, 2.45) is 4.99 Å². The lowest BCUT2D eigenvalue weighted by molar-refractivity contribution is -0.143. The van der Waals surface area contributed by atoms with Crippen molar-refractivity contribution in [3.05, 3.63) is 63.4 Å². The third-order valence-electron chi connectivity index (χ3n) is 4.31. The molecule has 2 aromatic carbocycles. The lowest BCUT2D eigenvalue weighted by Crippen LogP contribution is -2.23. The molecule has 0 spiro atoms. The smallest absolute Gasteiger partial charge is 0.326 e. The Morgan fingerprint density at radius 2 is 1.90 bits per heavy atom. The monoisotopic (exact) mass is 524 g/mol. The summed E-state index contributed by atoms with van der Waals surface area (Å²) in [5.41, 5.74) is 1.42. The van der Waals surface area contributed by atoms with E-state index in [0.29, 0.717) is 10.4 Å². The number of amides is 1. The van der Waals surface area contributed by atoms with Gasteiger partial charge in [0.05, 0.1) is 28.3 Å². The van der Waals surface area contributed by atoms with E-state index in [1.807, 2.05) is 24.3 Å². The molecule has 3 rings (SSSR count). The summed E-state index contributed by atoms with van der Waals surface area (Å²) in [5, 5.41) is 0. The van der Waals surface area contributed by atoms with Crippen molar-refractivity contribution < 1.29 is 22.7 Å². The van der Waals surface area contributed by atoms with Gasteiger partial charge in [-0.2, -0.15) is 4.99 Å². The van der Waals surface area contributed by atoms with Crippen molar-refractivity contribution in [1.82, 2.24) is 4.57 Å². The van der Waals surface area contributed by atoms with Gasteiger partial charge >= 0.3 is 5.97 Å². The van der Waals surface area contributed by atoms with Crippen LogP contribution >= 0.6 is 27.3 Å². The maximum Gasteiger partial charge on any atom is 0.326 e. The van der Waals surface area contributed by atoms with Gasteiger partial charge < -0.3 is 9.30 Å². The molecule has 0 fully saturated rings. The number of aromatic nitrogens is 1. The van der Waals surface area contributed by atoms with Crippen molar-refractivity contribution in [1.29, 1.82) is 0 Å². The molecule has 1 aromatic heterocycles. The zero-order valence-corrected chi connectivity index (χ0v) is 20.0. The van der Waals surface area contributed by atoms with Crippen molar-refractivity contribution in [2.75, 3.05) is 12.4 Å². The standard InChI is InChI=1S/C21H21BrN2O5S2/c1-2-29-20(26)13-24-17-9-8-16(22)12-18(17)30-21(24)23-19(25)10-11-31(27,28)14-15-6-4-3-5-7-15/h3-9,12H,2,10-11,13-14H2,1H3. The number of carbonyl (C=O) groups is 2. The molecule has 164 valence electrons. The molecule has 7 nitrogen and oxygen atoms in total. The van der Waals surface area contributed by atoms with E-state index in [-0.39, 0.29) is 31.1 Å². The van der Waals surface area contributed by atoms with Crippen LogP contribution in [0.5, 0.6) is 0 Å². The molecule has 0 aliphatic carbocycles. The van der Waals surface area contributed by atoms with Crippen LogP contribution in [0.3, 0.4) is 0 Å². The fourth-order valence-corrected chi connectivity index (χ4v) is 5.86. The van der Waals surface area contributed by atoms with Crippen molar-refractivity contribution in [3.63, 3.8) is 0 Å². The van der Waals surface area contributed by atoms with Gasteiger partial charge in [0.2, 0.25) is 5.91 Å². The second-order valence-corrected chi connectivity index (χ2v) is 10.8. The highest BCUT2D eigenvalue weighted by molar-refractivity contribution is 9.10. The maximum absolute atomic E-state index is 12.5. The normalized spacial score (nSPS) is 12.3. The zero-order chi connectivity index (χ0) is 22.4. The van der Waals surface area contributed by atoms with Crippen LogP contribution in [0, 0.1) is 0 Å². The number of hydrogen-bond acceptors (Lipinski definition) is 6. The summed E-state index contributed by atoms with van der Waals surface area (Å²) in [7, 11) is -3.45. The quantitative estimate of drug-likeness (QED) is 0.420. The number of fused-ring (bicyclic) bond motifs is 1. The molecule has 0 aliphatic rings. The highest BCUT2D eigenvalue weighted by Gasteiger charge is 2.16. The largest absolute Gasteiger partial charge is 0.465 e. The summed E-state index contributed by atoms with van der Waals surface area (Å²) in [5.74, 6) is -1.41. The number of rotatable bonds is 8. The van der Waals surface area contributed by atoms with Gasteiger partial charge in [0.25, 0.3) is 0 Å². The van der Waals surface area contributed by atoms with E-state index in [2.05, 4.69) is 20.9 Å². The topological polar surface area (TPSA) is 94.8 Å². The molecular formula is C21H21BrN2O5S2. The molecule has 31 heavy (non-hydrogen) atoms. The van der Waals surface area contributed by atoms with E-state index in [9.17, 15) is 18.0 Å². The number of carbonyl (C=O) groups excluding carboxylic acids is 2. The Hall–Kier alpha value is -2.30. The van der Waals surface area contributed by atoms with Gasteiger partial charge in [0, 0.05) is 10.9 Å². The SMILES string of the molecule is CCOC(=O)Cn1c(=NC(=O)CCS(=O)(=O)Cc2ccccc2)sc2cc(Br)ccc21. The minimum absolute atomic E-state index is 0.0894. The predicted molar refractivity (Wildman–Crippen MR) is 123 cm³/mol. The van der Waals surface area contributed by atoms with E-state index in [0.717, 1.165) is 14.7 Å². The predicted octanol–water partition coefficient (Wildman–Crippen LogP) is 3.46. The molecule has 0 atom stereocenters. The molecule has 0 saturated heterocycles. The van der Waals surface area contributed by atoms with E-state index in [4.69, 9.17) is 4.74 Å². The van der Waals surface area contributed by atoms with Gasteiger partial charge in [-0.3, -0.25) is 9.59 Å². The van der Waals surface area contributed by atoms with Crippen molar-refractivity contribution in [3.8, 4) is 0 Å². The van der Waals surface area contributed by atoms with Gasteiger partial charge in [0.1, 0.15) is 6.54 Å². The number of nitrogens with zero attached hydrogens (tertiary/aromatic N) is 2. The van der Waals surface area contributed by atoms with Gasteiger partial charge in [-0.25, -0.2) is 8.42 Å². The van der Waals surface area contributed by atoms with Crippen LogP contribution in [0.2, 0.25) is 0 Å². The number of thiazole rings is 1. The van der Waals surface area contributed by atoms with Crippen molar-refractivity contribution >= 4 is 59.2 Å². The highest BCUT2D eigenvalue weighted by atomic mass is 79.9. The molecular weight excluding hydrogens is 504 g/mol. The van der Waals surface area contributed by atoms with Crippen LogP contribution in [-0.4, -0.2) is 37.2 Å². The van der Waals surface area contributed by atoms with Crippen LogP contribution in [0.15, 0.2) is 58.0 Å². The average molecular weight is 525 g/mol. The fraction of sp³-hybridized carbons (Fsp3) is 0.286. The van der Waals surface area contributed by atoms with Crippen LogP contribution in [-0.2, 0) is 36.5 Å². The molecule has 1 heterocycles. The van der Waals surface area contributed by atoms with E-state index in [1.165, 1.54) is 11.3 Å². The first-order valence-electron chi connectivity index (χ1n) is 9.54. The Morgan fingerprint density at radius 1 is 1.16 bits per heavy atom. The lowest BCUT2D eigenvalue weighted by atomic mass is 10.2. The van der Waals surface area contributed by atoms with E-state index < -0.39 is 21.7 Å². The minimum Gasteiger partial charge on any atom is -0.465 e. The third kappa shape index (κ3) is 6.59. The van der Waals surface area contributed by atoms with Gasteiger partial charge in [-0.1, -0.05) is 57.6 Å². The summed E-state index contributed by atoms with van der Waals surface area (Å²) in [6, 6.07) is 14.3. The van der Waals surface area contributed by atoms with Crippen LogP contribution < -0.4 is 4.80 Å². The van der Waals surface area contributed by atoms with E-state index >= 15 is 0 Å². The molecule has 0 N–H and O–H groups in total. The Labute approximate surface area is 192 Å².